The number of anilines is 1. The molecule has 0 saturated heterocycles. The van der Waals surface area contributed by atoms with Crippen molar-refractivity contribution in [3.05, 3.63) is 39.5 Å². The summed E-state index contributed by atoms with van der Waals surface area (Å²) < 4.78 is 1.08. The maximum absolute atomic E-state index is 5.55. The molecule has 0 fully saturated rings. The number of rotatable bonds is 3. The van der Waals surface area contributed by atoms with Gasteiger partial charge < -0.3 is 5.43 Å². The minimum atomic E-state index is 0.693. The van der Waals surface area contributed by atoms with Gasteiger partial charge in [-0.1, -0.05) is 28.9 Å². The van der Waals surface area contributed by atoms with Crippen LogP contribution >= 0.6 is 15.9 Å². The fourth-order valence-electron chi connectivity index (χ4n) is 2.05. The Labute approximate surface area is 121 Å². The Bertz CT molecular complexity index is 611. The standard InChI is InChI=1S/C14H17BrN4/c1-4-11-9(3)17-13(18-14(11)19-16)10-5-6-12(15)8(2)7-10/h5-7H,4,16H2,1-3H3,(H,17,18,19). The maximum atomic E-state index is 5.55. The molecule has 0 radical (unpaired) electrons. The van der Waals surface area contributed by atoms with E-state index in [-0.39, 0.29) is 0 Å². The second-order valence-corrected chi connectivity index (χ2v) is 5.28. The molecule has 1 heterocycles. The molecule has 0 aliphatic heterocycles. The Hall–Kier alpha value is -1.46. The summed E-state index contributed by atoms with van der Waals surface area (Å²) in [5.74, 6) is 6.94. The van der Waals surface area contributed by atoms with Crippen molar-refractivity contribution in [2.75, 3.05) is 5.43 Å². The molecule has 0 bridgehead atoms. The third kappa shape index (κ3) is 2.77. The molecule has 0 amide bonds. The van der Waals surface area contributed by atoms with E-state index in [1.807, 2.05) is 26.0 Å². The molecule has 0 aliphatic rings. The molecular formula is C14H17BrN4. The number of benzene rings is 1. The van der Waals surface area contributed by atoms with Gasteiger partial charge in [0.1, 0.15) is 5.82 Å². The fraction of sp³-hybridized carbons (Fsp3) is 0.286. The van der Waals surface area contributed by atoms with Crippen molar-refractivity contribution in [3.8, 4) is 11.4 Å². The smallest absolute Gasteiger partial charge is 0.161 e. The lowest BCUT2D eigenvalue weighted by Gasteiger charge is -2.12. The normalized spacial score (nSPS) is 10.6. The Balaban J connectivity index is 2.56. The number of hydrogen-bond acceptors (Lipinski definition) is 4. The molecular weight excluding hydrogens is 304 g/mol. The number of aryl methyl sites for hydroxylation is 2. The van der Waals surface area contributed by atoms with Gasteiger partial charge in [0, 0.05) is 21.3 Å². The number of halogens is 1. The van der Waals surface area contributed by atoms with E-state index in [1.54, 1.807) is 0 Å². The van der Waals surface area contributed by atoms with Gasteiger partial charge in [-0.3, -0.25) is 0 Å². The van der Waals surface area contributed by atoms with Crippen LogP contribution in [0.4, 0.5) is 5.82 Å². The highest BCUT2D eigenvalue weighted by Gasteiger charge is 2.11. The van der Waals surface area contributed by atoms with Crippen LogP contribution in [-0.2, 0) is 6.42 Å². The lowest BCUT2D eigenvalue weighted by atomic mass is 10.1. The van der Waals surface area contributed by atoms with Crippen LogP contribution in [0.5, 0.6) is 0 Å². The van der Waals surface area contributed by atoms with E-state index in [9.17, 15) is 0 Å². The van der Waals surface area contributed by atoms with E-state index >= 15 is 0 Å². The van der Waals surface area contributed by atoms with Crippen LogP contribution < -0.4 is 11.3 Å². The van der Waals surface area contributed by atoms with Gasteiger partial charge in [-0.05, 0) is 38.0 Å². The van der Waals surface area contributed by atoms with E-state index in [0.717, 1.165) is 33.3 Å². The Morgan fingerprint density at radius 1 is 1.26 bits per heavy atom. The molecule has 3 N–H and O–H groups in total. The molecule has 0 atom stereocenters. The predicted octanol–water partition coefficient (Wildman–Crippen LogP) is 3.37. The third-order valence-electron chi connectivity index (χ3n) is 3.12. The first-order valence-electron chi connectivity index (χ1n) is 6.17. The number of nitrogens with two attached hydrogens (primary N) is 1. The van der Waals surface area contributed by atoms with Crippen LogP contribution in [0, 0.1) is 13.8 Å². The summed E-state index contributed by atoms with van der Waals surface area (Å²) in [6.07, 6.45) is 0.852. The average Bonchev–Trinajstić information content (AvgIpc) is 2.40. The molecule has 0 saturated carbocycles. The number of nitrogens with zero attached hydrogens (tertiary/aromatic N) is 2. The summed E-state index contributed by atoms with van der Waals surface area (Å²) >= 11 is 3.49. The van der Waals surface area contributed by atoms with Crippen molar-refractivity contribution >= 4 is 21.7 Å². The Kier molecular flexibility index (Phi) is 4.17. The van der Waals surface area contributed by atoms with Crippen LogP contribution in [0.25, 0.3) is 11.4 Å². The van der Waals surface area contributed by atoms with Crippen molar-refractivity contribution in [2.24, 2.45) is 5.84 Å². The molecule has 0 unspecified atom stereocenters. The first-order valence-corrected chi connectivity index (χ1v) is 6.96. The molecule has 0 spiro atoms. The van der Waals surface area contributed by atoms with Crippen molar-refractivity contribution in [1.82, 2.24) is 9.97 Å². The number of hydrazine groups is 1. The Morgan fingerprint density at radius 3 is 2.58 bits per heavy atom. The Morgan fingerprint density at radius 2 is 2.00 bits per heavy atom. The SMILES string of the molecule is CCc1c(C)nc(-c2ccc(Br)c(C)c2)nc1NN. The van der Waals surface area contributed by atoms with Gasteiger partial charge in [-0.2, -0.15) is 0 Å². The molecule has 1 aromatic heterocycles. The minimum absolute atomic E-state index is 0.693. The van der Waals surface area contributed by atoms with Crippen LogP contribution in [0.3, 0.4) is 0 Å². The topological polar surface area (TPSA) is 63.8 Å². The number of hydrogen-bond donors (Lipinski definition) is 2. The predicted molar refractivity (Wildman–Crippen MR) is 81.8 cm³/mol. The summed E-state index contributed by atoms with van der Waals surface area (Å²) in [7, 11) is 0. The lowest BCUT2D eigenvalue weighted by Crippen LogP contribution is -2.13. The summed E-state index contributed by atoms with van der Waals surface area (Å²) in [6, 6.07) is 6.06. The zero-order valence-electron chi connectivity index (χ0n) is 11.3. The zero-order valence-corrected chi connectivity index (χ0v) is 12.9. The van der Waals surface area contributed by atoms with Gasteiger partial charge in [-0.15, -0.1) is 0 Å². The molecule has 1 aromatic carbocycles. The molecule has 5 heteroatoms. The third-order valence-corrected chi connectivity index (χ3v) is 4.01. The first kappa shape index (κ1) is 14.0. The van der Waals surface area contributed by atoms with Crippen molar-refractivity contribution in [3.63, 3.8) is 0 Å². The van der Waals surface area contributed by atoms with Crippen LogP contribution in [0.2, 0.25) is 0 Å². The second-order valence-electron chi connectivity index (χ2n) is 4.42. The average molecular weight is 321 g/mol. The zero-order chi connectivity index (χ0) is 14.0. The molecule has 4 nitrogen and oxygen atoms in total. The van der Waals surface area contributed by atoms with Crippen LogP contribution in [0.1, 0.15) is 23.7 Å². The summed E-state index contributed by atoms with van der Waals surface area (Å²) in [5.41, 5.74) is 6.82. The van der Waals surface area contributed by atoms with Gasteiger partial charge in [0.25, 0.3) is 0 Å². The van der Waals surface area contributed by atoms with Gasteiger partial charge in [-0.25, -0.2) is 15.8 Å². The number of aromatic nitrogens is 2. The largest absolute Gasteiger partial charge is 0.308 e. The van der Waals surface area contributed by atoms with E-state index in [1.165, 1.54) is 0 Å². The fourth-order valence-corrected chi connectivity index (χ4v) is 2.30. The number of nitrogen functional groups attached to an aromatic ring is 1. The highest BCUT2D eigenvalue weighted by atomic mass is 79.9. The van der Waals surface area contributed by atoms with Crippen molar-refractivity contribution in [2.45, 2.75) is 27.2 Å². The van der Waals surface area contributed by atoms with Crippen LogP contribution in [0.15, 0.2) is 22.7 Å². The van der Waals surface area contributed by atoms with Gasteiger partial charge in [0.2, 0.25) is 0 Å². The molecule has 0 aliphatic carbocycles. The second kappa shape index (κ2) is 5.67. The highest BCUT2D eigenvalue weighted by molar-refractivity contribution is 9.10. The maximum Gasteiger partial charge on any atom is 0.161 e. The molecule has 19 heavy (non-hydrogen) atoms. The van der Waals surface area contributed by atoms with Gasteiger partial charge >= 0.3 is 0 Å². The van der Waals surface area contributed by atoms with Crippen molar-refractivity contribution in [1.29, 1.82) is 0 Å². The highest BCUT2D eigenvalue weighted by Crippen LogP contribution is 2.25. The summed E-state index contributed by atoms with van der Waals surface area (Å²) in [6.45, 7) is 6.09. The quantitative estimate of drug-likeness (QED) is 0.672. The summed E-state index contributed by atoms with van der Waals surface area (Å²) in [4.78, 5) is 9.07. The van der Waals surface area contributed by atoms with E-state index < -0.39 is 0 Å². The minimum Gasteiger partial charge on any atom is -0.308 e. The monoisotopic (exact) mass is 320 g/mol. The molecule has 100 valence electrons. The van der Waals surface area contributed by atoms with Gasteiger partial charge in [0.15, 0.2) is 5.82 Å². The lowest BCUT2D eigenvalue weighted by molar-refractivity contribution is 0.994. The molecule has 2 rings (SSSR count). The molecule has 2 aromatic rings. The van der Waals surface area contributed by atoms with E-state index in [2.05, 4.69) is 44.3 Å². The van der Waals surface area contributed by atoms with E-state index in [4.69, 9.17) is 5.84 Å². The summed E-state index contributed by atoms with van der Waals surface area (Å²) in [5, 5.41) is 0. The first-order chi connectivity index (χ1) is 9.06. The van der Waals surface area contributed by atoms with Gasteiger partial charge in [0.05, 0.1) is 0 Å². The van der Waals surface area contributed by atoms with Crippen LogP contribution in [-0.4, -0.2) is 9.97 Å². The number of nitrogens with one attached hydrogen (secondary N) is 1. The van der Waals surface area contributed by atoms with E-state index in [0.29, 0.717) is 11.6 Å². The van der Waals surface area contributed by atoms with Crippen molar-refractivity contribution < 1.29 is 0 Å².